The Kier molecular flexibility index (Phi) is 10.5. The van der Waals surface area contributed by atoms with Crippen LogP contribution in [0, 0.1) is 0 Å². The van der Waals surface area contributed by atoms with Gasteiger partial charge < -0.3 is 19.9 Å². The molecule has 0 spiro atoms. The van der Waals surface area contributed by atoms with Crippen LogP contribution < -0.4 is 5.73 Å². The normalized spacial score (nSPS) is 17.6. The fraction of sp³-hybridized carbons (Fsp3) is 0.812. The van der Waals surface area contributed by atoms with Crippen LogP contribution in [0.5, 0.6) is 0 Å². The second-order valence-corrected chi connectivity index (χ2v) is 7.12. The lowest BCUT2D eigenvalue weighted by atomic mass is 10.2. The topological polar surface area (TPSA) is 97.7 Å². The Morgan fingerprint density at radius 1 is 1.38 bits per heavy atom. The number of carbonyl (C=O) groups excluding carboxylic acids is 1. The van der Waals surface area contributed by atoms with Gasteiger partial charge in [0.1, 0.15) is 6.10 Å². The molecule has 0 aliphatic carbocycles. The van der Waals surface area contributed by atoms with Crippen LogP contribution in [0.4, 0.5) is 0 Å². The summed E-state index contributed by atoms with van der Waals surface area (Å²) >= 11 is 1.71. The van der Waals surface area contributed by atoms with Gasteiger partial charge in [-0.05, 0) is 32.3 Å². The number of nitrogens with zero attached hydrogens (tertiary/aromatic N) is 4. The summed E-state index contributed by atoms with van der Waals surface area (Å²) in [5.74, 6) is 2.12. The van der Waals surface area contributed by atoms with Crippen molar-refractivity contribution in [2.24, 2.45) is 5.73 Å². The summed E-state index contributed by atoms with van der Waals surface area (Å²) in [5, 5.41) is 3.97. The van der Waals surface area contributed by atoms with E-state index in [1.165, 1.54) is 0 Å². The van der Waals surface area contributed by atoms with Crippen LogP contribution >= 0.6 is 24.2 Å². The molecular formula is C16H30ClN5O3S. The molecule has 8 nitrogen and oxygen atoms in total. The molecule has 2 heterocycles. The first-order chi connectivity index (χ1) is 12.0. The van der Waals surface area contributed by atoms with E-state index in [1.807, 2.05) is 25.0 Å². The van der Waals surface area contributed by atoms with Crippen LogP contribution in [0.15, 0.2) is 4.52 Å². The molecule has 1 aliphatic rings. The number of halogens is 1. The standard InChI is InChI=1S/C16H29N5O3S.ClH/c1-4-23-12(2)15-18-14(24-19-15)11-20-6-8-21(9-7-20)16(22)13(17)5-10-25-3;/h12-13H,4-11,17H2,1-3H3;1H/t12?,13-;/m0./s1. The molecule has 26 heavy (non-hydrogen) atoms. The number of aromatic nitrogens is 2. The van der Waals surface area contributed by atoms with Crippen LogP contribution in [-0.2, 0) is 16.1 Å². The molecule has 2 atom stereocenters. The number of hydrogen-bond acceptors (Lipinski definition) is 8. The van der Waals surface area contributed by atoms with Crippen molar-refractivity contribution in [2.45, 2.75) is 39.0 Å². The highest BCUT2D eigenvalue weighted by Crippen LogP contribution is 2.14. The van der Waals surface area contributed by atoms with Crippen LogP contribution in [0.2, 0.25) is 0 Å². The van der Waals surface area contributed by atoms with Gasteiger partial charge in [-0.15, -0.1) is 12.4 Å². The lowest BCUT2D eigenvalue weighted by Gasteiger charge is -2.35. The smallest absolute Gasteiger partial charge is 0.240 e. The Hall–Kier alpha value is -0.870. The molecule has 10 heteroatoms. The van der Waals surface area contributed by atoms with Gasteiger partial charge in [0.25, 0.3) is 0 Å². The number of rotatable bonds is 9. The molecule has 0 bridgehead atoms. The number of hydrogen-bond donors (Lipinski definition) is 1. The molecule has 1 fully saturated rings. The number of carbonyl (C=O) groups is 1. The van der Waals surface area contributed by atoms with Gasteiger partial charge in [0.15, 0.2) is 5.82 Å². The monoisotopic (exact) mass is 407 g/mol. The first-order valence-corrected chi connectivity index (χ1v) is 10.1. The van der Waals surface area contributed by atoms with Crippen molar-refractivity contribution in [3.05, 3.63) is 11.7 Å². The first-order valence-electron chi connectivity index (χ1n) is 8.74. The Morgan fingerprint density at radius 2 is 2.08 bits per heavy atom. The summed E-state index contributed by atoms with van der Waals surface area (Å²) < 4.78 is 10.8. The van der Waals surface area contributed by atoms with Gasteiger partial charge in [-0.1, -0.05) is 5.16 Å². The van der Waals surface area contributed by atoms with E-state index < -0.39 is 6.04 Å². The van der Waals surface area contributed by atoms with Crippen LogP contribution in [0.1, 0.15) is 38.1 Å². The molecule has 2 N–H and O–H groups in total. The maximum Gasteiger partial charge on any atom is 0.240 e. The zero-order chi connectivity index (χ0) is 18.2. The predicted octanol–water partition coefficient (Wildman–Crippen LogP) is 1.31. The summed E-state index contributed by atoms with van der Waals surface area (Å²) in [6.45, 7) is 7.96. The van der Waals surface area contributed by atoms with Crippen molar-refractivity contribution in [3.63, 3.8) is 0 Å². The second-order valence-electron chi connectivity index (χ2n) is 6.13. The molecule has 0 aromatic carbocycles. The van der Waals surface area contributed by atoms with Crippen molar-refractivity contribution in [1.82, 2.24) is 19.9 Å². The van der Waals surface area contributed by atoms with Crippen LogP contribution in [0.25, 0.3) is 0 Å². The molecule has 1 amide bonds. The predicted molar refractivity (Wildman–Crippen MR) is 104 cm³/mol. The average molecular weight is 408 g/mol. The minimum Gasteiger partial charge on any atom is -0.371 e. The minimum absolute atomic E-state index is 0. The van der Waals surface area contributed by atoms with Crippen molar-refractivity contribution < 1.29 is 14.1 Å². The molecule has 1 aromatic rings. The third-order valence-corrected chi connectivity index (χ3v) is 4.90. The van der Waals surface area contributed by atoms with Gasteiger partial charge in [0, 0.05) is 32.8 Å². The molecule has 1 saturated heterocycles. The first kappa shape index (κ1) is 23.2. The summed E-state index contributed by atoms with van der Waals surface area (Å²) in [5.41, 5.74) is 5.98. The Morgan fingerprint density at radius 3 is 2.69 bits per heavy atom. The van der Waals surface area contributed by atoms with E-state index in [2.05, 4.69) is 15.0 Å². The van der Waals surface area contributed by atoms with Crippen LogP contribution in [-0.4, -0.2) is 76.7 Å². The van der Waals surface area contributed by atoms with Crippen molar-refractivity contribution in [1.29, 1.82) is 0 Å². The van der Waals surface area contributed by atoms with E-state index >= 15 is 0 Å². The van der Waals surface area contributed by atoms with Gasteiger partial charge in [0.2, 0.25) is 11.8 Å². The van der Waals surface area contributed by atoms with E-state index in [0.717, 1.165) is 25.3 Å². The number of thioether (sulfide) groups is 1. The molecule has 1 unspecified atom stereocenters. The largest absolute Gasteiger partial charge is 0.371 e. The second kappa shape index (κ2) is 11.8. The fourth-order valence-corrected chi connectivity index (χ4v) is 3.23. The Balaban J connectivity index is 0.00000338. The molecule has 1 aromatic heterocycles. The van der Waals surface area contributed by atoms with Crippen molar-refractivity contribution in [2.75, 3.05) is 44.8 Å². The van der Waals surface area contributed by atoms with E-state index in [4.69, 9.17) is 15.0 Å². The number of nitrogens with two attached hydrogens (primary N) is 1. The van der Waals surface area contributed by atoms with Gasteiger partial charge >= 0.3 is 0 Å². The zero-order valence-corrected chi connectivity index (χ0v) is 17.4. The highest BCUT2D eigenvalue weighted by molar-refractivity contribution is 7.98. The highest BCUT2D eigenvalue weighted by atomic mass is 35.5. The van der Waals surface area contributed by atoms with E-state index in [9.17, 15) is 4.79 Å². The Labute approximate surface area is 165 Å². The molecule has 150 valence electrons. The van der Waals surface area contributed by atoms with Gasteiger partial charge in [0.05, 0.1) is 12.6 Å². The number of ether oxygens (including phenoxy) is 1. The maximum atomic E-state index is 12.3. The lowest BCUT2D eigenvalue weighted by Crippen LogP contribution is -2.53. The summed E-state index contributed by atoms with van der Waals surface area (Å²) in [7, 11) is 0. The fourth-order valence-electron chi connectivity index (χ4n) is 2.74. The summed E-state index contributed by atoms with van der Waals surface area (Å²) in [4.78, 5) is 20.8. The Bertz CT molecular complexity index is 540. The average Bonchev–Trinajstić information content (AvgIpc) is 3.08. The maximum absolute atomic E-state index is 12.3. The minimum atomic E-state index is -0.391. The third kappa shape index (κ3) is 6.70. The molecule has 0 radical (unpaired) electrons. The van der Waals surface area contributed by atoms with E-state index in [0.29, 0.717) is 38.0 Å². The molecule has 2 rings (SSSR count). The SMILES string of the molecule is CCOC(C)c1noc(CN2CCN(C(=O)[C@@H](N)CCSC)CC2)n1.Cl. The summed E-state index contributed by atoms with van der Waals surface area (Å²) in [6, 6.07) is -0.391. The molecular weight excluding hydrogens is 378 g/mol. The third-order valence-electron chi connectivity index (χ3n) is 4.26. The van der Waals surface area contributed by atoms with Crippen molar-refractivity contribution >= 4 is 30.1 Å². The molecule has 0 saturated carbocycles. The van der Waals surface area contributed by atoms with Gasteiger partial charge in [-0.2, -0.15) is 16.7 Å². The summed E-state index contributed by atoms with van der Waals surface area (Å²) in [6.07, 6.45) is 2.58. The number of piperazine rings is 1. The quantitative estimate of drug-likeness (QED) is 0.654. The van der Waals surface area contributed by atoms with Gasteiger partial charge in [-0.25, -0.2) is 0 Å². The van der Waals surface area contributed by atoms with Gasteiger partial charge in [-0.3, -0.25) is 9.69 Å². The lowest BCUT2D eigenvalue weighted by molar-refractivity contribution is -0.134. The molecule has 1 aliphatic heterocycles. The van der Waals surface area contributed by atoms with Crippen LogP contribution in [0.3, 0.4) is 0 Å². The van der Waals surface area contributed by atoms with E-state index in [1.54, 1.807) is 11.8 Å². The number of amides is 1. The van der Waals surface area contributed by atoms with Crippen molar-refractivity contribution in [3.8, 4) is 0 Å². The van der Waals surface area contributed by atoms with E-state index in [-0.39, 0.29) is 24.4 Å². The zero-order valence-electron chi connectivity index (χ0n) is 15.7. The highest BCUT2D eigenvalue weighted by Gasteiger charge is 2.26.